The van der Waals surface area contributed by atoms with E-state index in [1.54, 1.807) is 13.0 Å². The summed E-state index contributed by atoms with van der Waals surface area (Å²) in [4.78, 5) is 13.2. The summed E-state index contributed by atoms with van der Waals surface area (Å²) >= 11 is 5.23. The molecule has 3 atom stereocenters. The van der Waals surface area contributed by atoms with Gasteiger partial charge < -0.3 is 4.90 Å². The van der Waals surface area contributed by atoms with Gasteiger partial charge in [0.25, 0.3) is 11.5 Å². The number of amides is 1. The van der Waals surface area contributed by atoms with Crippen LogP contribution in [0.2, 0.25) is 0 Å². The summed E-state index contributed by atoms with van der Waals surface area (Å²) in [6.07, 6.45) is 0.507. The number of hydrogen-bond acceptors (Lipinski definition) is 1. The van der Waals surface area contributed by atoms with E-state index in [4.69, 9.17) is 11.6 Å². The molecule has 1 aliphatic heterocycles. The van der Waals surface area contributed by atoms with Crippen LogP contribution in [0.1, 0.15) is 31.0 Å². The van der Waals surface area contributed by atoms with Gasteiger partial charge in [0, 0.05) is 6.04 Å². The Bertz CT molecular complexity index is 478. The maximum atomic E-state index is 13.2. The molecule has 1 heterocycles. The van der Waals surface area contributed by atoms with E-state index in [-0.39, 0.29) is 17.9 Å². The lowest BCUT2D eigenvalue weighted by atomic mass is 9.89. The minimum atomic E-state index is -2.03. The van der Waals surface area contributed by atoms with Crippen molar-refractivity contribution < 1.29 is 13.6 Å². The molecule has 0 aliphatic carbocycles. The van der Waals surface area contributed by atoms with Crippen molar-refractivity contribution in [2.75, 3.05) is 0 Å². The third kappa shape index (κ3) is 2.21. The van der Waals surface area contributed by atoms with Crippen molar-refractivity contribution in [1.82, 2.24) is 4.90 Å². The fourth-order valence-electron chi connectivity index (χ4n) is 2.63. The molecular weight excluding hydrogens is 260 g/mol. The second-order valence-electron chi connectivity index (χ2n) is 4.62. The van der Waals surface area contributed by atoms with Crippen LogP contribution in [-0.2, 0) is 11.2 Å². The summed E-state index contributed by atoms with van der Waals surface area (Å²) in [6.45, 7) is 3.60. The fraction of sp³-hybridized carbons (Fsp3) is 0.462. The van der Waals surface area contributed by atoms with Gasteiger partial charge in [-0.2, -0.15) is 0 Å². The molecule has 1 amide bonds. The van der Waals surface area contributed by atoms with E-state index < -0.39 is 11.5 Å². The molecule has 1 aliphatic rings. The lowest BCUT2D eigenvalue weighted by Gasteiger charge is -2.40. The maximum Gasteiger partial charge on any atom is 0.273 e. The zero-order valence-corrected chi connectivity index (χ0v) is 10.9. The van der Waals surface area contributed by atoms with Crippen LogP contribution >= 0.6 is 11.6 Å². The van der Waals surface area contributed by atoms with Gasteiger partial charge in [-0.3, -0.25) is 4.79 Å². The highest BCUT2D eigenvalue weighted by molar-refractivity contribution is 6.29. The summed E-state index contributed by atoms with van der Waals surface area (Å²) in [6, 6.07) is 3.97. The zero-order chi connectivity index (χ0) is 13.4. The van der Waals surface area contributed by atoms with Gasteiger partial charge in [-0.25, -0.2) is 8.78 Å². The van der Waals surface area contributed by atoms with E-state index in [2.05, 4.69) is 0 Å². The minimum absolute atomic E-state index is 0.196. The van der Waals surface area contributed by atoms with Gasteiger partial charge in [0.15, 0.2) is 0 Å². The Morgan fingerprint density at radius 3 is 2.78 bits per heavy atom. The fourth-order valence-corrected chi connectivity index (χ4v) is 2.74. The van der Waals surface area contributed by atoms with E-state index in [1.165, 1.54) is 17.0 Å². The molecule has 5 heteroatoms. The van der Waals surface area contributed by atoms with Crippen molar-refractivity contribution in [3.63, 3.8) is 0 Å². The lowest BCUT2D eigenvalue weighted by molar-refractivity contribution is -0.138. The average Bonchev–Trinajstić information content (AvgIpc) is 2.27. The Hall–Kier alpha value is -1.16. The summed E-state index contributed by atoms with van der Waals surface area (Å²) in [7, 11) is 0. The molecule has 1 aromatic rings. The second kappa shape index (κ2) is 4.84. The number of hydrogen-bond donors (Lipinski definition) is 0. The van der Waals surface area contributed by atoms with Crippen molar-refractivity contribution in [2.24, 2.45) is 0 Å². The number of carbonyl (C=O) groups is 1. The molecule has 0 radical (unpaired) electrons. The molecule has 0 bridgehead atoms. The molecule has 2 rings (SSSR count). The first-order valence-corrected chi connectivity index (χ1v) is 6.24. The zero-order valence-electron chi connectivity index (χ0n) is 10.2. The standard InChI is InChI=1S/C13H14ClF2NO/c1-7-5-9-6-10(15)3-4-11(9)8(2)17(7)13(18)12(14)16/h3-4,6-8,12H,5H2,1-2H3. The largest absolute Gasteiger partial charge is 0.329 e. The Labute approximate surface area is 110 Å². The van der Waals surface area contributed by atoms with E-state index in [0.29, 0.717) is 6.42 Å². The number of benzene rings is 1. The first-order chi connectivity index (χ1) is 8.41. The summed E-state index contributed by atoms with van der Waals surface area (Å²) in [5, 5.41) is 0. The quantitative estimate of drug-likeness (QED) is 0.720. The van der Waals surface area contributed by atoms with Crippen LogP contribution in [0.15, 0.2) is 18.2 Å². The summed E-state index contributed by atoms with van der Waals surface area (Å²) in [5.41, 5.74) is -0.318. The lowest BCUT2D eigenvalue weighted by Crippen LogP contribution is -2.47. The summed E-state index contributed by atoms with van der Waals surface area (Å²) < 4.78 is 26.2. The SMILES string of the molecule is CC1Cc2cc(F)ccc2C(C)N1C(=O)C(F)Cl. The van der Waals surface area contributed by atoms with Gasteiger partial charge >= 0.3 is 0 Å². The molecule has 1 aromatic carbocycles. The van der Waals surface area contributed by atoms with E-state index in [1.807, 2.05) is 6.92 Å². The molecular formula is C13H14ClF2NO. The number of fused-ring (bicyclic) bond motifs is 1. The predicted octanol–water partition coefficient (Wildman–Crippen LogP) is 3.19. The highest BCUT2D eigenvalue weighted by Crippen LogP contribution is 2.34. The van der Waals surface area contributed by atoms with Crippen LogP contribution in [0.3, 0.4) is 0 Å². The third-order valence-electron chi connectivity index (χ3n) is 3.40. The molecule has 0 aromatic heterocycles. The smallest absolute Gasteiger partial charge is 0.273 e. The van der Waals surface area contributed by atoms with E-state index >= 15 is 0 Å². The molecule has 0 fully saturated rings. The molecule has 3 unspecified atom stereocenters. The Morgan fingerprint density at radius 1 is 1.50 bits per heavy atom. The van der Waals surface area contributed by atoms with Crippen LogP contribution < -0.4 is 0 Å². The molecule has 2 nitrogen and oxygen atoms in total. The van der Waals surface area contributed by atoms with Crippen molar-refractivity contribution in [3.05, 3.63) is 35.1 Å². The van der Waals surface area contributed by atoms with Crippen molar-refractivity contribution in [1.29, 1.82) is 0 Å². The van der Waals surface area contributed by atoms with Gasteiger partial charge in [0.2, 0.25) is 0 Å². The Morgan fingerprint density at radius 2 is 2.17 bits per heavy atom. The molecule has 18 heavy (non-hydrogen) atoms. The van der Waals surface area contributed by atoms with Gasteiger partial charge in [-0.1, -0.05) is 17.7 Å². The topological polar surface area (TPSA) is 20.3 Å². The van der Waals surface area contributed by atoms with Crippen LogP contribution in [0.5, 0.6) is 0 Å². The number of alkyl halides is 2. The first kappa shape index (κ1) is 13.3. The van der Waals surface area contributed by atoms with E-state index in [9.17, 15) is 13.6 Å². The Balaban J connectivity index is 2.39. The van der Waals surface area contributed by atoms with Gasteiger partial charge in [0.05, 0.1) is 6.04 Å². The van der Waals surface area contributed by atoms with Crippen LogP contribution in [0.4, 0.5) is 8.78 Å². The number of nitrogens with zero attached hydrogens (tertiary/aromatic N) is 1. The second-order valence-corrected chi connectivity index (χ2v) is 5.00. The van der Waals surface area contributed by atoms with E-state index in [0.717, 1.165) is 11.1 Å². The monoisotopic (exact) mass is 273 g/mol. The number of halogens is 3. The summed E-state index contributed by atoms with van der Waals surface area (Å²) in [5.74, 6) is -1.03. The van der Waals surface area contributed by atoms with Crippen LogP contribution in [-0.4, -0.2) is 22.5 Å². The van der Waals surface area contributed by atoms with Gasteiger partial charge in [0.1, 0.15) is 5.82 Å². The van der Waals surface area contributed by atoms with Crippen molar-refractivity contribution >= 4 is 17.5 Å². The van der Waals surface area contributed by atoms with Crippen molar-refractivity contribution in [3.8, 4) is 0 Å². The molecule has 98 valence electrons. The number of carbonyl (C=O) groups excluding carboxylic acids is 1. The predicted molar refractivity (Wildman–Crippen MR) is 65.6 cm³/mol. The van der Waals surface area contributed by atoms with Gasteiger partial charge in [-0.05, 0) is 43.5 Å². The molecule has 0 spiro atoms. The molecule has 0 saturated heterocycles. The molecule has 0 saturated carbocycles. The van der Waals surface area contributed by atoms with Gasteiger partial charge in [-0.15, -0.1) is 0 Å². The highest BCUT2D eigenvalue weighted by atomic mass is 35.5. The first-order valence-electron chi connectivity index (χ1n) is 5.80. The van der Waals surface area contributed by atoms with Crippen molar-refractivity contribution in [2.45, 2.75) is 38.0 Å². The minimum Gasteiger partial charge on any atom is -0.329 e. The Kier molecular flexibility index (Phi) is 3.57. The number of rotatable bonds is 1. The maximum absolute atomic E-state index is 13.2. The highest BCUT2D eigenvalue weighted by Gasteiger charge is 2.35. The van der Waals surface area contributed by atoms with Crippen LogP contribution in [0.25, 0.3) is 0 Å². The average molecular weight is 274 g/mol. The third-order valence-corrected chi connectivity index (χ3v) is 3.59. The van der Waals surface area contributed by atoms with Crippen LogP contribution in [0, 0.1) is 5.82 Å². The normalized spacial score (nSPS) is 24.6. The molecule has 0 N–H and O–H groups in total.